The van der Waals surface area contributed by atoms with Gasteiger partial charge in [-0.05, 0) is 42.8 Å². The number of nitriles is 1. The molecule has 0 aliphatic carbocycles. The Morgan fingerprint density at radius 1 is 1.30 bits per heavy atom. The fourth-order valence-electron chi connectivity index (χ4n) is 2.60. The van der Waals surface area contributed by atoms with Crippen molar-refractivity contribution >= 4 is 46.1 Å². The number of ether oxygens (including phenoxy) is 2. The van der Waals surface area contributed by atoms with E-state index in [-0.39, 0.29) is 24.5 Å². The number of thioether (sulfide) groups is 1. The number of para-hydroxylation sites is 1. The Bertz CT molecular complexity index is 1090. The summed E-state index contributed by atoms with van der Waals surface area (Å²) in [6.07, 6.45) is 1.69. The quantitative estimate of drug-likeness (QED) is 0.601. The second kappa shape index (κ2) is 10.0. The van der Waals surface area contributed by atoms with Gasteiger partial charge in [0.05, 0.1) is 22.2 Å². The van der Waals surface area contributed by atoms with Gasteiger partial charge in [0, 0.05) is 0 Å². The molecule has 1 heterocycles. The Balaban J connectivity index is 1.97. The molecule has 1 aliphatic rings. The Morgan fingerprint density at radius 3 is 2.73 bits per heavy atom. The summed E-state index contributed by atoms with van der Waals surface area (Å²) < 4.78 is 10.3. The summed E-state index contributed by atoms with van der Waals surface area (Å²) in [5, 5.41) is 20.0. The molecule has 0 atom stereocenters. The van der Waals surface area contributed by atoms with Crippen LogP contribution in [-0.4, -0.2) is 29.3 Å². The van der Waals surface area contributed by atoms with E-state index in [9.17, 15) is 9.90 Å². The van der Waals surface area contributed by atoms with Gasteiger partial charge < -0.3 is 14.6 Å². The molecule has 1 aliphatic heterocycles. The molecule has 3 rings (SSSR count). The summed E-state index contributed by atoms with van der Waals surface area (Å²) in [6.45, 7) is 1.76. The third-order valence-corrected chi connectivity index (χ3v) is 5.22. The van der Waals surface area contributed by atoms with Crippen molar-refractivity contribution in [3.05, 3.63) is 75.4 Å². The average Bonchev–Trinajstić information content (AvgIpc) is 3.03. The SMILES string of the molecule is CCOC(=O)C1=C(O)C(=Cc2ccc(OCC#N)c(Cl)c2)SC1=Nc1ccccc1. The maximum absolute atomic E-state index is 12.4. The first kappa shape index (κ1) is 21.5. The van der Waals surface area contributed by atoms with E-state index in [2.05, 4.69) is 4.99 Å². The molecule has 0 spiro atoms. The normalized spacial score (nSPS) is 16.0. The van der Waals surface area contributed by atoms with Crippen LogP contribution in [-0.2, 0) is 9.53 Å². The first-order chi connectivity index (χ1) is 14.5. The minimum Gasteiger partial charge on any atom is -0.506 e. The molecule has 30 heavy (non-hydrogen) atoms. The maximum Gasteiger partial charge on any atom is 0.344 e. The third-order valence-electron chi connectivity index (χ3n) is 3.90. The van der Waals surface area contributed by atoms with Crippen LogP contribution in [0.1, 0.15) is 12.5 Å². The lowest BCUT2D eigenvalue weighted by Crippen LogP contribution is -2.12. The number of carbonyl (C=O) groups excluding carboxylic acids is 1. The van der Waals surface area contributed by atoms with E-state index in [1.165, 1.54) is 0 Å². The van der Waals surface area contributed by atoms with Gasteiger partial charge in [-0.2, -0.15) is 5.26 Å². The summed E-state index contributed by atoms with van der Waals surface area (Å²) in [5.74, 6) is -0.453. The van der Waals surface area contributed by atoms with Crippen molar-refractivity contribution in [2.24, 2.45) is 4.99 Å². The molecule has 2 aromatic rings. The molecule has 2 aromatic carbocycles. The number of nitrogens with zero attached hydrogens (tertiary/aromatic N) is 2. The van der Waals surface area contributed by atoms with E-state index >= 15 is 0 Å². The van der Waals surface area contributed by atoms with E-state index in [1.807, 2.05) is 24.3 Å². The molecular formula is C22H17ClN2O4S. The number of hydrogen-bond acceptors (Lipinski definition) is 7. The van der Waals surface area contributed by atoms with Crippen LogP contribution in [0.5, 0.6) is 5.75 Å². The summed E-state index contributed by atoms with van der Waals surface area (Å²) in [5.41, 5.74) is 1.36. The number of benzene rings is 2. The van der Waals surface area contributed by atoms with Crippen LogP contribution in [0.2, 0.25) is 5.02 Å². The Labute approximate surface area is 183 Å². The summed E-state index contributed by atoms with van der Waals surface area (Å²) in [4.78, 5) is 17.4. The van der Waals surface area contributed by atoms with Crippen molar-refractivity contribution in [3.63, 3.8) is 0 Å². The Kier molecular flexibility index (Phi) is 7.17. The standard InChI is InChI=1S/C22H17ClN2O4S/c1-2-28-22(27)19-20(26)18(30-21(19)25-15-6-4-3-5-7-15)13-14-8-9-17(16(23)12-14)29-11-10-24/h3-9,12-13,26H,2,11H2,1H3. The van der Waals surface area contributed by atoms with Crippen molar-refractivity contribution in [2.45, 2.75) is 6.92 Å². The molecule has 6 nitrogen and oxygen atoms in total. The van der Waals surface area contributed by atoms with E-state index in [1.54, 1.807) is 43.3 Å². The molecule has 0 saturated heterocycles. The van der Waals surface area contributed by atoms with Crippen molar-refractivity contribution < 1.29 is 19.4 Å². The van der Waals surface area contributed by atoms with Gasteiger partial charge in [0.15, 0.2) is 6.61 Å². The predicted octanol–water partition coefficient (Wildman–Crippen LogP) is 5.44. The van der Waals surface area contributed by atoms with E-state index in [0.717, 1.165) is 11.8 Å². The monoisotopic (exact) mass is 440 g/mol. The molecule has 0 fully saturated rings. The lowest BCUT2D eigenvalue weighted by molar-refractivity contribution is -0.138. The average molecular weight is 441 g/mol. The number of carbonyl (C=O) groups is 1. The minimum absolute atomic E-state index is 0.0250. The highest BCUT2D eigenvalue weighted by molar-refractivity contribution is 8.18. The molecule has 0 aromatic heterocycles. The summed E-state index contributed by atoms with van der Waals surface area (Å²) in [7, 11) is 0. The number of hydrogen-bond donors (Lipinski definition) is 1. The van der Waals surface area contributed by atoms with Crippen molar-refractivity contribution in [3.8, 4) is 11.8 Å². The zero-order chi connectivity index (χ0) is 21.5. The van der Waals surface area contributed by atoms with E-state index < -0.39 is 5.97 Å². The van der Waals surface area contributed by atoms with Gasteiger partial charge in [0.1, 0.15) is 28.2 Å². The largest absolute Gasteiger partial charge is 0.506 e. The van der Waals surface area contributed by atoms with Crippen molar-refractivity contribution in [2.75, 3.05) is 13.2 Å². The topological polar surface area (TPSA) is 91.9 Å². The van der Waals surface area contributed by atoms with Gasteiger partial charge in [0.25, 0.3) is 0 Å². The Hall–Kier alpha value is -3.21. The zero-order valence-electron chi connectivity index (χ0n) is 16.0. The fourth-order valence-corrected chi connectivity index (χ4v) is 3.88. The number of aliphatic imine (C=N–C) groups is 1. The molecule has 0 bridgehead atoms. The summed E-state index contributed by atoms with van der Waals surface area (Å²) in [6, 6.07) is 16.0. The second-order valence-electron chi connectivity index (χ2n) is 5.94. The van der Waals surface area contributed by atoms with E-state index in [0.29, 0.717) is 32.0 Å². The van der Waals surface area contributed by atoms with Crippen LogP contribution in [0.4, 0.5) is 5.69 Å². The van der Waals surface area contributed by atoms with Crippen molar-refractivity contribution in [1.82, 2.24) is 0 Å². The van der Waals surface area contributed by atoms with Crippen LogP contribution in [0.15, 0.2) is 69.8 Å². The lowest BCUT2D eigenvalue weighted by atomic mass is 10.1. The molecule has 0 unspecified atom stereocenters. The highest BCUT2D eigenvalue weighted by atomic mass is 35.5. The highest BCUT2D eigenvalue weighted by Gasteiger charge is 2.33. The number of aliphatic hydroxyl groups excluding tert-OH is 1. The van der Waals surface area contributed by atoms with Crippen molar-refractivity contribution in [1.29, 1.82) is 5.26 Å². The Morgan fingerprint density at radius 2 is 2.07 bits per heavy atom. The first-order valence-electron chi connectivity index (χ1n) is 8.97. The molecular weight excluding hydrogens is 424 g/mol. The zero-order valence-corrected chi connectivity index (χ0v) is 17.5. The lowest BCUT2D eigenvalue weighted by Gasteiger charge is -2.05. The predicted molar refractivity (Wildman–Crippen MR) is 118 cm³/mol. The first-order valence-corrected chi connectivity index (χ1v) is 10.2. The molecule has 152 valence electrons. The van der Waals surface area contributed by atoms with Gasteiger partial charge in [-0.25, -0.2) is 9.79 Å². The van der Waals surface area contributed by atoms with Crippen LogP contribution < -0.4 is 4.74 Å². The van der Waals surface area contributed by atoms with Gasteiger partial charge in [-0.15, -0.1) is 0 Å². The molecule has 0 radical (unpaired) electrons. The number of halogens is 1. The van der Waals surface area contributed by atoms with Gasteiger partial charge >= 0.3 is 5.97 Å². The highest BCUT2D eigenvalue weighted by Crippen LogP contribution is 2.40. The number of rotatable bonds is 6. The third kappa shape index (κ3) is 5.03. The van der Waals surface area contributed by atoms with Crippen LogP contribution in [0, 0.1) is 11.3 Å². The number of esters is 1. The molecule has 0 saturated carbocycles. The minimum atomic E-state index is -0.640. The fraction of sp³-hybridized carbons (Fsp3) is 0.136. The molecule has 1 N–H and O–H groups in total. The number of aliphatic hydroxyl groups is 1. The van der Waals surface area contributed by atoms with Gasteiger partial charge in [0.2, 0.25) is 0 Å². The maximum atomic E-state index is 12.4. The van der Waals surface area contributed by atoms with Crippen LogP contribution in [0.3, 0.4) is 0 Å². The second-order valence-corrected chi connectivity index (χ2v) is 7.38. The van der Waals surface area contributed by atoms with Gasteiger partial charge in [-0.3, -0.25) is 0 Å². The molecule has 0 amide bonds. The van der Waals surface area contributed by atoms with Crippen LogP contribution in [0.25, 0.3) is 6.08 Å². The van der Waals surface area contributed by atoms with Gasteiger partial charge in [-0.1, -0.05) is 47.6 Å². The smallest absolute Gasteiger partial charge is 0.344 e. The van der Waals surface area contributed by atoms with E-state index in [4.69, 9.17) is 26.3 Å². The molecule has 8 heteroatoms. The summed E-state index contributed by atoms with van der Waals surface area (Å²) >= 11 is 7.36. The van der Waals surface area contributed by atoms with Crippen LogP contribution >= 0.6 is 23.4 Å².